The van der Waals surface area contributed by atoms with E-state index in [1.807, 2.05) is 68.6 Å². The van der Waals surface area contributed by atoms with Crippen molar-refractivity contribution in [2.24, 2.45) is 0 Å². The number of para-hydroxylation sites is 1. The number of carbonyl (C=O) groups is 1. The van der Waals surface area contributed by atoms with E-state index in [9.17, 15) is 9.90 Å². The first-order chi connectivity index (χ1) is 18.2. The number of aromatic amines is 1. The van der Waals surface area contributed by atoms with Gasteiger partial charge >= 0.3 is 0 Å². The van der Waals surface area contributed by atoms with Gasteiger partial charge in [0.05, 0.1) is 21.7 Å². The zero-order valence-corrected chi connectivity index (χ0v) is 23.0. The van der Waals surface area contributed by atoms with E-state index >= 15 is 0 Å². The molecular formula is C30H35N5O2S. The smallest absolute Gasteiger partial charge is 0.266 e. The highest BCUT2D eigenvalue weighted by molar-refractivity contribution is 7.12. The number of thiophene rings is 1. The molecule has 0 atom stereocenters. The molecule has 2 aromatic heterocycles. The van der Waals surface area contributed by atoms with Gasteiger partial charge in [0.2, 0.25) is 0 Å². The largest absolute Gasteiger partial charge is 0.389 e. The minimum absolute atomic E-state index is 0.0882. The molecule has 1 amide bonds. The Morgan fingerprint density at radius 3 is 2.61 bits per heavy atom. The first-order valence-corrected chi connectivity index (χ1v) is 13.9. The van der Waals surface area contributed by atoms with Gasteiger partial charge in [-0.3, -0.25) is 19.7 Å². The lowest BCUT2D eigenvalue weighted by molar-refractivity contribution is 0.0167. The highest BCUT2D eigenvalue weighted by atomic mass is 32.1. The van der Waals surface area contributed by atoms with Crippen LogP contribution < -0.4 is 5.32 Å². The first-order valence-electron chi connectivity index (χ1n) is 13.0. The number of carbonyl (C=O) groups excluding carboxylic acids is 1. The SMILES string of the molecule is Cc1ccsc1C(=O)Nc1cc(CN2CCN(CC(C)(C)O)CC2)ccc1C=Cc1n[nH]c2ccccc12. The van der Waals surface area contributed by atoms with Gasteiger partial charge < -0.3 is 10.4 Å². The topological polar surface area (TPSA) is 84.5 Å². The van der Waals surface area contributed by atoms with Crippen molar-refractivity contribution in [2.45, 2.75) is 32.9 Å². The predicted octanol–water partition coefficient (Wildman–Crippen LogP) is 5.24. The molecule has 1 aliphatic heterocycles. The summed E-state index contributed by atoms with van der Waals surface area (Å²) in [5, 5.41) is 23.8. The summed E-state index contributed by atoms with van der Waals surface area (Å²) in [6.07, 6.45) is 4.00. The molecule has 0 radical (unpaired) electrons. The van der Waals surface area contributed by atoms with Crippen LogP contribution in [0, 0.1) is 6.92 Å². The van der Waals surface area contributed by atoms with E-state index in [1.54, 1.807) is 0 Å². The number of aryl methyl sites for hydroxylation is 1. The van der Waals surface area contributed by atoms with Gasteiger partial charge in [0.1, 0.15) is 0 Å². The number of anilines is 1. The van der Waals surface area contributed by atoms with Gasteiger partial charge in [-0.2, -0.15) is 5.10 Å². The second kappa shape index (κ2) is 11.2. The van der Waals surface area contributed by atoms with Crippen LogP contribution in [0.2, 0.25) is 0 Å². The average molecular weight is 530 g/mol. The number of aliphatic hydroxyl groups is 1. The number of piperazine rings is 1. The van der Waals surface area contributed by atoms with Gasteiger partial charge in [0.15, 0.2) is 0 Å². The van der Waals surface area contributed by atoms with Crippen LogP contribution in [-0.2, 0) is 6.54 Å². The number of amides is 1. The minimum atomic E-state index is -0.679. The molecule has 4 aromatic rings. The monoisotopic (exact) mass is 529 g/mol. The average Bonchev–Trinajstić information content (AvgIpc) is 3.50. The second-order valence-corrected chi connectivity index (χ2v) is 11.6. The van der Waals surface area contributed by atoms with Crippen molar-refractivity contribution < 1.29 is 9.90 Å². The van der Waals surface area contributed by atoms with Crippen molar-refractivity contribution in [3.8, 4) is 0 Å². The number of aromatic nitrogens is 2. The Bertz CT molecular complexity index is 1440. The number of nitrogens with zero attached hydrogens (tertiary/aromatic N) is 3. The summed E-state index contributed by atoms with van der Waals surface area (Å²) >= 11 is 1.46. The Morgan fingerprint density at radius 2 is 1.87 bits per heavy atom. The Morgan fingerprint density at radius 1 is 1.11 bits per heavy atom. The zero-order valence-electron chi connectivity index (χ0n) is 22.2. The van der Waals surface area contributed by atoms with Crippen molar-refractivity contribution in [1.29, 1.82) is 0 Å². The molecular weight excluding hydrogens is 494 g/mol. The van der Waals surface area contributed by atoms with Crippen LogP contribution in [0.3, 0.4) is 0 Å². The van der Waals surface area contributed by atoms with Crippen molar-refractivity contribution >= 4 is 46.0 Å². The highest BCUT2D eigenvalue weighted by Crippen LogP contribution is 2.26. The summed E-state index contributed by atoms with van der Waals surface area (Å²) < 4.78 is 0. The number of benzene rings is 2. The number of fused-ring (bicyclic) bond motifs is 1. The molecule has 5 rings (SSSR count). The van der Waals surface area contributed by atoms with Crippen LogP contribution in [-0.4, -0.2) is 69.3 Å². The summed E-state index contributed by atoms with van der Waals surface area (Å²) in [5.41, 5.74) is 5.03. The molecule has 1 fully saturated rings. The lowest BCUT2D eigenvalue weighted by Crippen LogP contribution is -2.50. The van der Waals surface area contributed by atoms with Crippen molar-refractivity contribution in [2.75, 3.05) is 38.0 Å². The van der Waals surface area contributed by atoms with Gasteiger partial charge in [-0.1, -0.05) is 36.4 Å². The van der Waals surface area contributed by atoms with E-state index in [1.165, 1.54) is 11.3 Å². The summed E-state index contributed by atoms with van der Waals surface area (Å²) in [7, 11) is 0. The van der Waals surface area contributed by atoms with E-state index in [0.29, 0.717) is 6.54 Å². The van der Waals surface area contributed by atoms with Crippen LogP contribution in [0.25, 0.3) is 23.1 Å². The van der Waals surface area contributed by atoms with Gasteiger partial charge in [-0.25, -0.2) is 0 Å². The quantitative estimate of drug-likeness (QED) is 0.291. The molecule has 0 spiro atoms. The lowest BCUT2D eigenvalue weighted by atomic mass is 10.1. The summed E-state index contributed by atoms with van der Waals surface area (Å²) in [6.45, 7) is 10.9. The molecule has 0 saturated carbocycles. The molecule has 0 bridgehead atoms. The third-order valence-electron chi connectivity index (χ3n) is 6.84. The molecule has 2 aromatic carbocycles. The van der Waals surface area contributed by atoms with E-state index in [2.05, 4.69) is 43.5 Å². The van der Waals surface area contributed by atoms with E-state index in [-0.39, 0.29) is 5.91 Å². The summed E-state index contributed by atoms with van der Waals surface area (Å²) in [5.74, 6) is -0.0882. The van der Waals surface area contributed by atoms with Gasteiger partial charge in [-0.05, 0) is 67.1 Å². The van der Waals surface area contributed by atoms with Crippen LogP contribution in [0.1, 0.15) is 45.9 Å². The van der Waals surface area contributed by atoms with E-state index in [0.717, 1.165) is 76.6 Å². The predicted molar refractivity (Wildman–Crippen MR) is 156 cm³/mol. The molecule has 1 saturated heterocycles. The maximum atomic E-state index is 13.1. The normalized spacial score (nSPS) is 15.5. The van der Waals surface area contributed by atoms with Crippen LogP contribution in [0.5, 0.6) is 0 Å². The van der Waals surface area contributed by atoms with Crippen molar-refractivity contribution in [3.63, 3.8) is 0 Å². The maximum Gasteiger partial charge on any atom is 0.266 e. The van der Waals surface area contributed by atoms with Gasteiger partial charge in [0, 0.05) is 50.3 Å². The Hall–Kier alpha value is -3.30. The first kappa shape index (κ1) is 26.3. The van der Waals surface area contributed by atoms with E-state index < -0.39 is 5.60 Å². The highest BCUT2D eigenvalue weighted by Gasteiger charge is 2.23. The van der Waals surface area contributed by atoms with Crippen LogP contribution in [0.4, 0.5) is 5.69 Å². The Kier molecular flexibility index (Phi) is 7.76. The molecule has 8 heteroatoms. The third kappa shape index (κ3) is 6.39. The number of hydrogen-bond acceptors (Lipinski definition) is 6. The van der Waals surface area contributed by atoms with E-state index in [4.69, 9.17) is 0 Å². The lowest BCUT2D eigenvalue weighted by Gasteiger charge is -2.37. The molecule has 0 unspecified atom stereocenters. The molecule has 38 heavy (non-hydrogen) atoms. The van der Waals surface area contributed by atoms with Crippen LogP contribution >= 0.6 is 11.3 Å². The maximum absolute atomic E-state index is 13.1. The van der Waals surface area contributed by atoms with Crippen LogP contribution in [0.15, 0.2) is 53.9 Å². The van der Waals surface area contributed by atoms with Gasteiger partial charge in [0.25, 0.3) is 5.91 Å². The number of nitrogens with one attached hydrogen (secondary N) is 2. The molecule has 3 N–H and O–H groups in total. The number of β-amino-alcohol motifs (C(OH)–C–C–N with tert-alkyl or cyclic N) is 1. The standard InChI is InChI=1S/C30H35N5O2S/c1-21-12-17-38-28(21)29(36)31-27-18-22(19-34-13-15-35(16-14-34)20-30(2,3)37)8-9-23(27)10-11-26-24-6-4-5-7-25(24)32-33-26/h4-12,17-18,37H,13-16,19-20H2,1-3H3,(H,31,36)(H,32,33). The fraction of sp³-hybridized carbons (Fsp3) is 0.333. The molecule has 7 nitrogen and oxygen atoms in total. The summed E-state index contributed by atoms with van der Waals surface area (Å²) in [6, 6.07) is 16.3. The number of rotatable bonds is 8. The van der Waals surface area contributed by atoms with Crippen molar-refractivity contribution in [1.82, 2.24) is 20.0 Å². The minimum Gasteiger partial charge on any atom is -0.389 e. The number of hydrogen-bond donors (Lipinski definition) is 3. The van der Waals surface area contributed by atoms with Gasteiger partial charge in [-0.15, -0.1) is 11.3 Å². The molecule has 3 heterocycles. The fourth-order valence-electron chi connectivity index (χ4n) is 4.93. The number of H-pyrrole nitrogens is 1. The molecule has 0 aliphatic carbocycles. The summed E-state index contributed by atoms with van der Waals surface area (Å²) in [4.78, 5) is 18.6. The molecule has 198 valence electrons. The molecule has 1 aliphatic rings. The third-order valence-corrected chi connectivity index (χ3v) is 7.85. The zero-order chi connectivity index (χ0) is 26.7. The fourth-order valence-corrected chi connectivity index (χ4v) is 5.75. The Labute approximate surface area is 227 Å². The Balaban J connectivity index is 1.35. The second-order valence-electron chi connectivity index (χ2n) is 10.7. The van der Waals surface area contributed by atoms with Crippen molar-refractivity contribution in [3.05, 3.63) is 81.2 Å².